The van der Waals surface area contributed by atoms with Crippen LogP contribution < -0.4 is 10.2 Å². The van der Waals surface area contributed by atoms with E-state index in [1.807, 2.05) is 0 Å². The van der Waals surface area contributed by atoms with Gasteiger partial charge < -0.3 is 10.2 Å². The van der Waals surface area contributed by atoms with Crippen molar-refractivity contribution in [1.82, 2.24) is 9.97 Å². The molecule has 1 fully saturated rings. The molecule has 100 valence electrons. The monoisotopic (exact) mass is 248 g/mol. The Bertz CT molecular complexity index is 413. The van der Waals surface area contributed by atoms with E-state index in [0.29, 0.717) is 6.04 Å². The summed E-state index contributed by atoms with van der Waals surface area (Å²) in [6.45, 7) is 7.21. The summed E-state index contributed by atoms with van der Waals surface area (Å²) < 4.78 is 0. The number of rotatable bonds is 5. The summed E-state index contributed by atoms with van der Waals surface area (Å²) in [6.07, 6.45) is 4.81. The van der Waals surface area contributed by atoms with Gasteiger partial charge in [-0.05, 0) is 33.1 Å². The molecule has 0 amide bonds. The molecule has 0 saturated heterocycles. The zero-order valence-corrected chi connectivity index (χ0v) is 12.0. The van der Waals surface area contributed by atoms with E-state index in [0.717, 1.165) is 30.4 Å². The number of nitrogens with one attached hydrogen (secondary N) is 1. The van der Waals surface area contributed by atoms with E-state index in [-0.39, 0.29) is 0 Å². The van der Waals surface area contributed by atoms with Gasteiger partial charge in [-0.15, -0.1) is 0 Å². The molecule has 1 saturated carbocycles. The molecule has 1 aliphatic carbocycles. The smallest absolute Gasteiger partial charge is 0.137 e. The van der Waals surface area contributed by atoms with Gasteiger partial charge >= 0.3 is 0 Å². The average Bonchev–Trinajstić information content (AvgIpc) is 2.29. The van der Waals surface area contributed by atoms with Crippen molar-refractivity contribution in [1.29, 1.82) is 0 Å². The predicted octanol–water partition coefficient (Wildman–Crippen LogP) is 2.77. The fourth-order valence-corrected chi connectivity index (χ4v) is 2.34. The molecule has 0 bridgehead atoms. The van der Waals surface area contributed by atoms with E-state index < -0.39 is 0 Å². The van der Waals surface area contributed by atoms with Crippen molar-refractivity contribution in [3.63, 3.8) is 0 Å². The summed E-state index contributed by atoms with van der Waals surface area (Å²) in [7, 11) is 2.16. The van der Waals surface area contributed by atoms with Crippen LogP contribution in [-0.4, -0.2) is 29.6 Å². The Balaban J connectivity index is 2.34. The van der Waals surface area contributed by atoms with Crippen LogP contribution in [0.25, 0.3) is 0 Å². The highest BCUT2D eigenvalue weighted by molar-refractivity contribution is 5.59. The minimum absolute atomic E-state index is 0.665. The number of nitrogens with zero attached hydrogens (tertiary/aromatic N) is 3. The van der Waals surface area contributed by atoms with E-state index in [1.54, 1.807) is 0 Å². The molecular formula is C14H24N4. The van der Waals surface area contributed by atoms with Crippen molar-refractivity contribution in [2.24, 2.45) is 0 Å². The molecule has 2 rings (SSSR count). The van der Waals surface area contributed by atoms with Gasteiger partial charge in [0.05, 0.1) is 0 Å². The van der Waals surface area contributed by atoms with Crippen LogP contribution in [0.1, 0.15) is 44.5 Å². The Kier molecular flexibility index (Phi) is 4.04. The second-order valence-electron chi connectivity index (χ2n) is 5.02. The Morgan fingerprint density at radius 2 is 2.00 bits per heavy atom. The molecule has 4 nitrogen and oxygen atoms in total. The summed E-state index contributed by atoms with van der Waals surface area (Å²) in [5.74, 6) is 3.02. The minimum atomic E-state index is 0.665. The minimum Gasteiger partial charge on any atom is -0.370 e. The molecule has 0 aliphatic heterocycles. The molecule has 0 unspecified atom stereocenters. The highest BCUT2D eigenvalue weighted by Gasteiger charge is 2.25. The van der Waals surface area contributed by atoms with Gasteiger partial charge in [0, 0.05) is 31.6 Å². The standard InChI is InChI=1S/C14H24N4/c1-5-12-16-13(15-6-2)10(3)14(17-12)18(4)11-8-7-9-11/h11H,5-9H2,1-4H3,(H,15,16,17). The van der Waals surface area contributed by atoms with Crippen molar-refractivity contribution < 1.29 is 0 Å². The second-order valence-corrected chi connectivity index (χ2v) is 5.02. The van der Waals surface area contributed by atoms with E-state index in [2.05, 4.69) is 43.0 Å². The van der Waals surface area contributed by atoms with Gasteiger partial charge in [-0.1, -0.05) is 6.92 Å². The number of hydrogen-bond acceptors (Lipinski definition) is 4. The van der Waals surface area contributed by atoms with Crippen LogP contribution in [0, 0.1) is 6.92 Å². The maximum absolute atomic E-state index is 4.71. The zero-order valence-electron chi connectivity index (χ0n) is 12.0. The lowest BCUT2D eigenvalue weighted by molar-refractivity contribution is 0.398. The van der Waals surface area contributed by atoms with Crippen molar-refractivity contribution in [3.05, 3.63) is 11.4 Å². The van der Waals surface area contributed by atoms with Crippen molar-refractivity contribution in [2.45, 2.75) is 52.5 Å². The molecule has 1 aromatic heterocycles. The van der Waals surface area contributed by atoms with Crippen LogP contribution in [0.2, 0.25) is 0 Å². The Labute approximate surface area is 110 Å². The normalized spacial score (nSPS) is 15.3. The summed E-state index contributed by atoms with van der Waals surface area (Å²) in [5, 5.41) is 3.34. The quantitative estimate of drug-likeness (QED) is 0.870. The van der Waals surface area contributed by atoms with Crippen LogP contribution in [0.5, 0.6) is 0 Å². The predicted molar refractivity (Wildman–Crippen MR) is 76.4 cm³/mol. The lowest BCUT2D eigenvalue weighted by atomic mass is 9.92. The van der Waals surface area contributed by atoms with Gasteiger partial charge in [0.1, 0.15) is 17.5 Å². The molecule has 1 aliphatic rings. The number of anilines is 2. The first-order valence-electron chi connectivity index (χ1n) is 7.01. The van der Waals surface area contributed by atoms with Gasteiger partial charge in [0.15, 0.2) is 0 Å². The second kappa shape index (κ2) is 5.55. The molecule has 1 heterocycles. The first-order valence-corrected chi connectivity index (χ1v) is 7.01. The number of hydrogen-bond donors (Lipinski definition) is 1. The van der Waals surface area contributed by atoms with E-state index in [9.17, 15) is 0 Å². The third kappa shape index (κ3) is 2.42. The summed E-state index contributed by atoms with van der Waals surface area (Å²) >= 11 is 0. The Hall–Kier alpha value is -1.32. The maximum atomic E-state index is 4.71. The number of aryl methyl sites for hydroxylation is 1. The molecule has 0 atom stereocenters. The van der Waals surface area contributed by atoms with Crippen LogP contribution in [0.4, 0.5) is 11.6 Å². The molecule has 0 radical (unpaired) electrons. The third-order valence-corrected chi connectivity index (χ3v) is 3.78. The summed E-state index contributed by atoms with van der Waals surface area (Å²) in [6, 6.07) is 0.665. The van der Waals surface area contributed by atoms with Gasteiger partial charge in [-0.2, -0.15) is 0 Å². The topological polar surface area (TPSA) is 41.1 Å². The van der Waals surface area contributed by atoms with Gasteiger partial charge in [0.25, 0.3) is 0 Å². The molecule has 0 aromatic carbocycles. The first kappa shape index (κ1) is 13.1. The Morgan fingerprint density at radius 3 is 2.50 bits per heavy atom. The fraction of sp³-hybridized carbons (Fsp3) is 0.714. The van der Waals surface area contributed by atoms with E-state index in [4.69, 9.17) is 4.98 Å². The average molecular weight is 248 g/mol. The van der Waals surface area contributed by atoms with Crippen molar-refractivity contribution in [3.8, 4) is 0 Å². The van der Waals surface area contributed by atoms with Crippen LogP contribution >= 0.6 is 0 Å². The SMILES string of the molecule is CCNc1nc(CC)nc(N(C)C2CCC2)c1C. The lowest BCUT2D eigenvalue weighted by Gasteiger charge is -2.36. The van der Waals surface area contributed by atoms with Crippen molar-refractivity contribution in [2.75, 3.05) is 23.8 Å². The molecule has 1 aromatic rings. The third-order valence-electron chi connectivity index (χ3n) is 3.78. The molecule has 4 heteroatoms. The molecule has 18 heavy (non-hydrogen) atoms. The summed E-state index contributed by atoms with van der Waals surface area (Å²) in [4.78, 5) is 11.6. The zero-order chi connectivity index (χ0) is 13.1. The summed E-state index contributed by atoms with van der Waals surface area (Å²) in [5.41, 5.74) is 1.17. The van der Waals surface area contributed by atoms with Crippen LogP contribution in [-0.2, 0) is 6.42 Å². The first-order chi connectivity index (χ1) is 8.67. The van der Waals surface area contributed by atoms with E-state index >= 15 is 0 Å². The largest absolute Gasteiger partial charge is 0.370 e. The molecule has 0 spiro atoms. The molecule has 1 N–H and O–H groups in total. The van der Waals surface area contributed by atoms with Crippen LogP contribution in [0.3, 0.4) is 0 Å². The molecular weight excluding hydrogens is 224 g/mol. The maximum Gasteiger partial charge on any atom is 0.137 e. The fourth-order valence-electron chi connectivity index (χ4n) is 2.34. The number of aromatic nitrogens is 2. The van der Waals surface area contributed by atoms with Gasteiger partial charge in [0.2, 0.25) is 0 Å². The van der Waals surface area contributed by atoms with Crippen LogP contribution in [0.15, 0.2) is 0 Å². The highest BCUT2D eigenvalue weighted by Crippen LogP contribution is 2.31. The lowest BCUT2D eigenvalue weighted by Crippen LogP contribution is -2.38. The van der Waals surface area contributed by atoms with E-state index in [1.165, 1.54) is 24.8 Å². The highest BCUT2D eigenvalue weighted by atomic mass is 15.2. The Morgan fingerprint density at radius 1 is 1.28 bits per heavy atom. The van der Waals surface area contributed by atoms with Crippen molar-refractivity contribution >= 4 is 11.6 Å². The van der Waals surface area contributed by atoms with Gasteiger partial charge in [-0.3, -0.25) is 0 Å². The van der Waals surface area contributed by atoms with Gasteiger partial charge in [-0.25, -0.2) is 9.97 Å².